The molecule has 0 saturated heterocycles. The van der Waals surface area contributed by atoms with E-state index in [4.69, 9.17) is 27.9 Å². The van der Waals surface area contributed by atoms with Crippen molar-refractivity contribution in [2.24, 2.45) is 0 Å². The predicted molar refractivity (Wildman–Crippen MR) is 149 cm³/mol. The summed E-state index contributed by atoms with van der Waals surface area (Å²) in [4.78, 5) is 27.8. The number of sulfonamides is 1. The number of carbonyl (C=O) groups excluding carboxylic acids is 2. The zero-order chi connectivity index (χ0) is 28.0. The maximum atomic E-state index is 13.4. The minimum atomic E-state index is -3.65. The molecule has 0 aromatic heterocycles. The average Bonchev–Trinajstić information content (AvgIpc) is 2.79. The number of para-hydroxylation sites is 2. The van der Waals surface area contributed by atoms with E-state index in [2.05, 4.69) is 5.32 Å². The lowest BCUT2D eigenvalue weighted by Crippen LogP contribution is -2.52. The van der Waals surface area contributed by atoms with Crippen LogP contribution in [-0.2, 0) is 26.2 Å². The van der Waals surface area contributed by atoms with Gasteiger partial charge in [0.1, 0.15) is 11.8 Å². The summed E-state index contributed by atoms with van der Waals surface area (Å²) in [6, 6.07) is 11.0. The van der Waals surface area contributed by atoms with Crippen LogP contribution in [0.1, 0.15) is 46.1 Å². The summed E-state index contributed by atoms with van der Waals surface area (Å²) in [6.07, 6.45) is 1.31. The van der Waals surface area contributed by atoms with Gasteiger partial charge in [-0.2, -0.15) is 0 Å². The number of hydrogen-bond acceptors (Lipinski definition) is 5. The number of rotatable bonds is 11. The zero-order valence-electron chi connectivity index (χ0n) is 22.0. The first kappa shape index (κ1) is 30.7. The molecule has 0 bridgehead atoms. The molecular formula is C26H35Cl2N3O5S. The summed E-state index contributed by atoms with van der Waals surface area (Å²) in [5.74, 6) is -0.251. The predicted octanol–water partition coefficient (Wildman–Crippen LogP) is 4.88. The molecule has 2 aromatic carbocycles. The van der Waals surface area contributed by atoms with Crippen LogP contribution in [0, 0.1) is 0 Å². The molecule has 204 valence electrons. The zero-order valence-corrected chi connectivity index (χ0v) is 24.4. The Morgan fingerprint density at radius 3 is 2.19 bits per heavy atom. The quantitative estimate of drug-likeness (QED) is 0.414. The molecule has 1 N–H and O–H groups in total. The van der Waals surface area contributed by atoms with Crippen LogP contribution in [0.5, 0.6) is 5.75 Å². The fourth-order valence-corrected chi connectivity index (χ4v) is 5.21. The third kappa shape index (κ3) is 8.79. The Balaban J connectivity index is 2.27. The van der Waals surface area contributed by atoms with E-state index in [1.807, 2.05) is 20.8 Å². The lowest BCUT2D eigenvalue weighted by atomic mass is 10.1. The van der Waals surface area contributed by atoms with Crippen LogP contribution in [0.15, 0.2) is 42.5 Å². The van der Waals surface area contributed by atoms with Crippen molar-refractivity contribution in [2.45, 2.75) is 58.7 Å². The van der Waals surface area contributed by atoms with Crippen LogP contribution >= 0.6 is 23.2 Å². The summed E-state index contributed by atoms with van der Waals surface area (Å²) in [7, 11) is -2.19. The molecule has 0 unspecified atom stereocenters. The number of methoxy groups -OCH3 is 1. The Kier molecular flexibility index (Phi) is 10.7. The van der Waals surface area contributed by atoms with Gasteiger partial charge < -0.3 is 15.0 Å². The van der Waals surface area contributed by atoms with Gasteiger partial charge >= 0.3 is 0 Å². The summed E-state index contributed by atoms with van der Waals surface area (Å²) in [5, 5.41) is 3.66. The van der Waals surface area contributed by atoms with Gasteiger partial charge in [-0.1, -0.05) is 41.4 Å². The van der Waals surface area contributed by atoms with Gasteiger partial charge in [0.05, 0.1) is 19.1 Å². The van der Waals surface area contributed by atoms with Gasteiger partial charge in [0.25, 0.3) is 0 Å². The molecule has 2 amide bonds. The Morgan fingerprint density at radius 1 is 1.05 bits per heavy atom. The van der Waals surface area contributed by atoms with Crippen LogP contribution in [0.2, 0.25) is 10.0 Å². The minimum Gasteiger partial charge on any atom is -0.495 e. The number of nitrogens with zero attached hydrogens (tertiary/aromatic N) is 2. The molecule has 0 aliphatic carbocycles. The Labute approximate surface area is 229 Å². The van der Waals surface area contributed by atoms with E-state index in [0.717, 1.165) is 6.26 Å². The summed E-state index contributed by atoms with van der Waals surface area (Å²) in [5.41, 5.74) is 0.422. The van der Waals surface area contributed by atoms with Gasteiger partial charge in [0.15, 0.2) is 0 Å². The second-order valence-corrected chi connectivity index (χ2v) is 12.5. The van der Waals surface area contributed by atoms with Gasteiger partial charge in [0, 0.05) is 40.7 Å². The minimum absolute atomic E-state index is 0.00359. The molecule has 0 fully saturated rings. The number of hydrogen-bond donors (Lipinski definition) is 1. The summed E-state index contributed by atoms with van der Waals surface area (Å²) in [6.45, 7) is 7.28. The molecule has 8 nitrogen and oxygen atoms in total. The van der Waals surface area contributed by atoms with E-state index in [1.54, 1.807) is 49.4 Å². The van der Waals surface area contributed by atoms with Crippen LogP contribution in [0.25, 0.3) is 0 Å². The molecule has 0 radical (unpaired) electrons. The van der Waals surface area contributed by atoms with Crippen molar-refractivity contribution in [1.29, 1.82) is 0 Å². The fourth-order valence-electron chi connectivity index (χ4n) is 3.73. The van der Waals surface area contributed by atoms with Crippen molar-refractivity contribution < 1.29 is 22.7 Å². The van der Waals surface area contributed by atoms with Crippen molar-refractivity contribution in [3.8, 4) is 5.75 Å². The van der Waals surface area contributed by atoms with Gasteiger partial charge in [0.2, 0.25) is 21.8 Å². The van der Waals surface area contributed by atoms with Crippen LogP contribution in [-0.4, -0.2) is 56.6 Å². The molecule has 0 heterocycles. The molecular weight excluding hydrogens is 537 g/mol. The number of amides is 2. The highest BCUT2D eigenvalue weighted by Crippen LogP contribution is 2.30. The van der Waals surface area contributed by atoms with Gasteiger partial charge in [-0.25, -0.2) is 8.42 Å². The van der Waals surface area contributed by atoms with E-state index < -0.39 is 21.6 Å². The molecule has 2 rings (SSSR count). The number of ether oxygens (including phenoxy) is 1. The molecule has 37 heavy (non-hydrogen) atoms. The number of carbonyl (C=O) groups is 2. The number of benzene rings is 2. The second-order valence-electron chi connectivity index (χ2n) is 9.75. The molecule has 0 saturated carbocycles. The summed E-state index contributed by atoms with van der Waals surface area (Å²) >= 11 is 12.7. The maximum Gasteiger partial charge on any atom is 0.242 e. The highest BCUT2D eigenvalue weighted by molar-refractivity contribution is 7.92. The standard InChI is InChI=1S/C26H35Cl2N3O5S/c1-18(25(33)29-26(2,3)4)30(17-19-20(27)11-9-12-21(19)28)24(32)15-10-16-31(37(6,34)35)22-13-7-8-14-23(22)36-5/h7-9,11-14,18H,10,15-17H2,1-6H3,(H,29,33)/t18-/m0/s1. The highest BCUT2D eigenvalue weighted by Gasteiger charge is 2.30. The van der Waals surface area contributed by atoms with Gasteiger partial charge in [-0.3, -0.25) is 13.9 Å². The maximum absolute atomic E-state index is 13.4. The molecule has 11 heteroatoms. The van der Waals surface area contributed by atoms with Crippen molar-refractivity contribution in [3.63, 3.8) is 0 Å². The first-order chi connectivity index (χ1) is 17.2. The van der Waals surface area contributed by atoms with Crippen molar-refractivity contribution in [2.75, 3.05) is 24.2 Å². The lowest BCUT2D eigenvalue weighted by molar-refractivity contribution is -0.141. The Morgan fingerprint density at radius 2 is 1.65 bits per heavy atom. The summed E-state index contributed by atoms with van der Waals surface area (Å²) < 4.78 is 31.6. The van der Waals surface area contributed by atoms with Gasteiger partial charge in [-0.15, -0.1) is 0 Å². The normalized spacial score (nSPS) is 12.5. The van der Waals surface area contributed by atoms with E-state index in [-0.39, 0.29) is 37.7 Å². The number of anilines is 1. The van der Waals surface area contributed by atoms with E-state index in [0.29, 0.717) is 27.0 Å². The van der Waals surface area contributed by atoms with E-state index in [1.165, 1.54) is 16.3 Å². The third-order valence-electron chi connectivity index (χ3n) is 5.56. The van der Waals surface area contributed by atoms with E-state index in [9.17, 15) is 18.0 Å². The number of nitrogens with one attached hydrogen (secondary N) is 1. The van der Waals surface area contributed by atoms with Crippen LogP contribution in [0.3, 0.4) is 0 Å². The fraction of sp³-hybridized carbons (Fsp3) is 0.462. The van der Waals surface area contributed by atoms with Crippen molar-refractivity contribution >= 4 is 50.7 Å². The highest BCUT2D eigenvalue weighted by atomic mass is 35.5. The lowest BCUT2D eigenvalue weighted by Gasteiger charge is -2.32. The molecule has 0 aliphatic heterocycles. The van der Waals surface area contributed by atoms with Gasteiger partial charge in [-0.05, 0) is 58.4 Å². The Hall–Kier alpha value is -2.49. The molecule has 0 spiro atoms. The third-order valence-corrected chi connectivity index (χ3v) is 7.45. The molecule has 1 atom stereocenters. The largest absolute Gasteiger partial charge is 0.495 e. The molecule has 2 aromatic rings. The molecule has 0 aliphatic rings. The monoisotopic (exact) mass is 571 g/mol. The topological polar surface area (TPSA) is 96.0 Å². The first-order valence-electron chi connectivity index (χ1n) is 11.8. The first-order valence-corrected chi connectivity index (χ1v) is 14.4. The SMILES string of the molecule is COc1ccccc1N(CCCC(=O)N(Cc1c(Cl)cccc1Cl)[C@@H](C)C(=O)NC(C)(C)C)S(C)(=O)=O. The average molecular weight is 573 g/mol. The van der Waals surface area contributed by atoms with Crippen molar-refractivity contribution in [3.05, 3.63) is 58.1 Å². The smallest absolute Gasteiger partial charge is 0.242 e. The van der Waals surface area contributed by atoms with E-state index >= 15 is 0 Å². The number of halogens is 2. The van der Waals surface area contributed by atoms with Crippen LogP contribution < -0.4 is 14.4 Å². The van der Waals surface area contributed by atoms with Crippen molar-refractivity contribution in [1.82, 2.24) is 10.2 Å². The Bertz CT molecular complexity index is 1190. The van der Waals surface area contributed by atoms with Crippen LogP contribution in [0.4, 0.5) is 5.69 Å². The second kappa shape index (κ2) is 12.8.